The lowest BCUT2D eigenvalue weighted by atomic mass is 10.2. The van der Waals surface area contributed by atoms with Gasteiger partial charge in [-0.1, -0.05) is 126 Å². The molecule has 408 valence electrons. The quantitative estimate of drug-likeness (QED) is 0.0829. The molecular formula is C70H74N6O4. The summed E-state index contributed by atoms with van der Waals surface area (Å²) in [5, 5.41) is 10.5. The lowest BCUT2D eigenvalue weighted by Crippen LogP contribution is -2.08. The number of nitro groups is 1. The van der Waals surface area contributed by atoms with E-state index in [0.29, 0.717) is 0 Å². The van der Waals surface area contributed by atoms with Crippen molar-refractivity contribution >= 4 is 62.6 Å². The van der Waals surface area contributed by atoms with Crippen molar-refractivity contribution in [2.45, 2.75) is 20.8 Å². The highest BCUT2D eigenvalue weighted by Gasteiger charge is 2.09. The van der Waals surface area contributed by atoms with Crippen LogP contribution in [-0.2, 0) is 0 Å². The van der Waals surface area contributed by atoms with Crippen LogP contribution >= 0.6 is 0 Å². The van der Waals surface area contributed by atoms with E-state index in [2.05, 4.69) is 189 Å². The maximum atomic E-state index is 10.5. The van der Waals surface area contributed by atoms with E-state index >= 15 is 0 Å². The maximum absolute atomic E-state index is 10.5. The smallest absolute Gasteiger partial charge is 0.269 e. The zero-order valence-electron chi connectivity index (χ0n) is 47.7. The third kappa shape index (κ3) is 18.2. The van der Waals surface area contributed by atoms with Crippen molar-refractivity contribution in [1.82, 2.24) is 0 Å². The molecule has 0 N–H and O–H groups in total. The van der Waals surface area contributed by atoms with Crippen LogP contribution in [0.15, 0.2) is 267 Å². The van der Waals surface area contributed by atoms with Gasteiger partial charge in [-0.2, -0.15) is 0 Å². The second-order valence-corrected chi connectivity index (χ2v) is 18.8. The van der Waals surface area contributed by atoms with Gasteiger partial charge in [0.2, 0.25) is 0 Å². The molecule has 0 amide bonds. The predicted octanol–water partition coefficient (Wildman–Crippen LogP) is 18.1. The highest BCUT2D eigenvalue weighted by molar-refractivity contribution is 5.67. The third-order valence-electron chi connectivity index (χ3n) is 13.2. The number of hydrogen-bond acceptors (Lipinski definition) is 9. The van der Waals surface area contributed by atoms with Gasteiger partial charge in [0.1, 0.15) is 11.5 Å². The lowest BCUT2D eigenvalue weighted by molar-refractivity contribution is -0.384. The molecule has 0 bridgehead atoms. The van der Waals surface area contributed by atoms with Gasteiger partial charge in [0.25, 0.3) is 5.69 Å². The van der Waals surface area contributed by atoms with Gasteiger partial charge in [-0.25, -0.2) is 0 Å². The molecule has 0 aliphatic carbocycles. The van der Waals surface area contributed by atoms with Crippen LogP contribution in [-0.4, -0.2) is 54.4 Å². The summed E-state index contributed by atoms with van der Waals surface area (Å²) < 4.78 is 10.4. The molecule has 0 radical (unpaired) electrons. The molecule has 10 heteroatoms. The van der Waals surface area contributed by atoms with Gasteiger partial charge >= 0.3 is 0 Å². The van der Waals surface area contributed by atoms with Crippen LogP contribution in [0.2, 0.25) is 0 Å². The van der Waals surface area contributed by atoms with E-state index in [1.807, 2.05) is 134 Å². The van der Waals surface area contributed by atoms with Gasteiger partial charge in [-0.15, -0.1) is 0 Å². The number of non-ortho nitro benzene ring substituents is 1. The van der Waals surface area contributed by atoms with Crippen LogP contribution in [0.25, 0.3) is 0 Å². The molecule has 0 aliphatic heterocycles. The van der Waals surface area contributed by atoms with Gasteiger partial charge in [0, 0.05) is 110 Å². The highest BCUT2D eigenvalue weighted by Crippen LogP contribution is 2.29. The standard InChI is InChI=1S/C15H17N.2C14H15NO.C14H15N.C13H12N2O2/c1-12-4-8-14(9-5-12)16(3)15-10-6-13(2)7-11-15;1-15(12-7-4-3-5-8-12)13-9-6-10-14(11-13)16-2;1-15(12-6-4-3-5-7-12)13-8-10-14(16-2)11-9-13;1-12-7-6-10-14(11-12)15(2)13-8-4-3-5-9-13;1-14(11-5-3-2-4-6-11)12-7-9-13(10-8-12)15(16)17/h4-11H,1-3H3;2*3-11H,1-2H3;3-11H,1-2H3;2-10H,1H3. The number of methoxy groups -OCH3 is 2. The number of para-hydroxylation sites is 4. The van der Waals surface area contributed by atoms with E-state index in [-0.39, 0.29) is 5.69 Å². The van der Waals surface area contributed by atoms with Crippen LogP contribution in [0.3, 0.4) is 0 Å². The van der Waals surface area contributed by atoms with Crippen LogP contribution in [0.4, 0.5) is 62.6 Å². The summed E-state index contributed by atoms with van der Waals surface area (Å²) in [5.41, 5.74) is 15.4. The fourth-order valence-corrected chi connectivity index (χ4v) is 8.15. The summed E-state index contributed by atoms with van der Waals surface area (Å²) in [7, 11) is 13.6. The van der Waals surface area contributed by atoms with Crippen LogP contribution in [0.5, 0.6) is 11.5 Å². The Hall–Kier alpha value is -9.80. The summed E-state index contributed by atoms with van der Waals surface area (Å²) in [4.78, 5) is 20.8. The number of nitrogens with zero attached hydrogens (tertiary/aromatic N) is 6. The largest absolute Gasteiger partial charge is 0.497 e. The van der Waals surface area contributed by atoms with Gasteiger partial charge in [-0.05, 0) is 160 Å². The van der Waals surface area contributed by atoms with E-state index in [1.165, 1.54) is 57.3 Å². The monoisotopic (exact) mass is 1060 g/mol. The summed E-state index contributed by atoms with van der Waals surface area (Å²) in [6.07, 6.45) is 0. The fourth-order valence-electron chi connectivity index (χ4n) is 8.15. The summed E-state index contributed by atoms with van der Waals surface area (Å²) >= 11 is 0. The Morgan fingerprint density at radius 1 is 0.287 bits per heavy atom. The summed E-state index contributed by atoms with van der Waals surface area (Å²) in [6, 6.07) is 88.9. The van der Waals surface area contributed by atoms with Crippen molar-refractivity contribution in [3.8, 4) is 11.5 Å². The molecule has 0 atom stereocenters. The molecule has 0 unspecified atom stereocenters. The van der Waals surface area contributed by atoms with Gasteiger partial charge in [0.15, 0.2) is 0 Å². The minimum atomic E-state index is -0.397. The Morgan fingerprint density at radius 2 is 0.562 bits per heavy atom. The van der Waals surface area contributed by atoms with Crippen molar-refractivity contribution in [3.05, 3.63) is 294 Å². The Balaban J connectivity index is 0.000000161. The molecule has 10 aromatic rings. The molecule has 0 saturated heterocycles. The molecule has 0 fully saturated rings. The van der Waals surface area contributed by atoms with Crippen molar-refractivity contribution in [3.63, 3.8) is 0 Å². The molecule has 0 saturated carbocycles. The Labute approximate surface area is 474 Å². The minimum absolute atomic E-state index is 0.107. The number of ether oxygens (including phenoxy) is 2. The van der Waals surface area contributed by atoms with Gasteiger partial charge in [-0.3, -0.25) is 10.1 Å². The average molecular weight is 1060 g/mol. The molecule has 10 rings (SSSR count). The molecule has 0 aliphatic rings. The first-order valence-electron chi connectivity index (χ1n) is 26.4. The van der Waals surface area contributed by atoms with Crippen molar-refractivity contribution in [2.75, 3.05) is 74.0 Å². The van der Waals surface area contributed by atoms with E-state index in [1.54, 1.807) is 26.4 Å². The zero-order chi connectivity index (χ0) is 57.2. The number of benzene rings is 10. The van der Waals surface area contributed by atoms with E-state index < -0.39 is 4.92 Å². The number of nitro benzene ring substituents is 1. The lowest BCUT2D eigenvalue weighted by Gasteiger charge is -2.19. The minimum Gasteiger partial charge on any atom is -0.497 e. The molecule has 10 aromatic carbocycles. The van der Waals surface area contributed by atoms with Crippen LogP contribution in [0.1, 0.15) is 16.7 Å². The Morgan fingerprint density at radius 3 is 0.887 bits per heavy atom. The number of rotatable bonds is 13. The third-order valence-corrected chi connectivity index (χ3v) is 13.2. The van der Waals surface area contributed by atoms with Crippen molar-refractivity contribution in [2.24, 2.45) is 0 Å². The maximum Gasteiger partial charge on any atom is 0.269 e. The predicted molar refractivity (Wildman–Crippen MR) is 339 cm³/mol. The molecule has 0 aromatic heterocycles. The second kappa shape index (κ2) is 30.8. The number of hydrogen-bond donors (Lipinski definition) is 0. The van der Waals surface area contributed by atoms with Crippen LogP contribution in [0, 0.1) is 30.9 Å². The summed E-state index contributed by atoms with van der Waals surface area (Å²) in [6.45, 7) is 6.33. The molecule has 0 heterocycles. The molecule has 80 heavy (non-hydrogen) atoms. The summed E-state index contributed by atoms with van der Waals surface area (Å²) in [5.74, 6) is 1.76. The first-order chi connectivity index (χ1) is 38.7. The second-order valence-electron chi connectivity index (χ2n) is 18.8. The Kier molecular flexibility index (Phi) is 22.9. The van der Waals surface area contributed by atoms with Crippen LogP contribution < -0.4 is 34.0 Å². The van der Waals surface area contributed by atoms with Gasteiger partial charge < -0.3 is 34.0 Å². The molecule has 10 nitrogen and oxygen atoms in total. The average Bonchev–Trinajstić information content (AvgIpc) is 3.53. The highest BCUT2D eigenvalue weighted by atomic mass is 16.6. The number of anilines is 10. The Bertz CT molecular complexity index is 3300. The van der Waals surface area contributed by atoms with E-state index in [0.717, 1.165) is 39.9 Å². The van der Waals surface area contributed by atoms with E-state index in [4.69, 9.17) is 9.47 Å². The van der Waals surface area contributed by atoms with Gasteiger partial charge in [0.05, 0.1) is 19.1 Å². The van der Waals surface area contributed by atoms with Crippen molar-refractivity contribution < 1.29 is 14.4 Å². The molecular weight excluding hydrogens is 989 g/mol. The SMILES string of the molecule is CN(c1ccccc1)c1ccc([N+](=O)[O-])cc1.COc1ccc(N(C)c2ccccc2)cc1.COc1cccc(N(C)c2ccccc2)c1.Cc1ccc(N(C)c2ccc(C)cc2)cc1.Cc1cccc(N(C)c2ccccc2)c1. The first kappa shape index (κ1) is 59.4. The van der Waals surface area contributed by atoms with E-state index in [9.17, 15) is 10.1 Å². The molecule has 0 spiro atoms. The topological polar surface area (TPSA) is 77.8 Å². The first-order valence-corrected chi connectivity index (χ1v) is 26.4. The zero-order valence-corrected chi connectivity index (χ0v) is 47.7. The van der Waals surface area contributed by atoms with Crippen molar-refractivity contribution in [1.29, 1.82) is 0 Å². The fraction of sp³-hybridized carbons (Fsp3) is 0.143. The number of aryl methyl sites for hydroxylation is 3. The normalized spacial score (nSPS) is 9.97.